The first-order chi connectivity index (χ1) is 27.8. The Balaban J connectivity index is 1.15. The van der Waals surface area contributed by atoms with Gasteiger partial charge in [0.25, 0.3) is 0 Å². The molecule has 10 aromatic carbocycles. The van der Waals surface area contributed by atoms with E-state index in [-0.39, 0.29) is 0 Å². The van der Waals surface area contributed by atoms with Crippen LogP contribution in [0.4, 0.5) is 17.1 Å². The number of hydrogen-bond acceptors (Lipinski definition) is 2. The first-order valence-corrected chi connectivity index (χ1v) is 20.0. The van der Waals surface area contributed by atoms with Gasteiger partial charge in [0.1, 0.15) is 0 Å². The highest BCUT2D eigenvalue weighted by atomic mass is 32.1. The minimum absolute atomic E-state index is 1.11. The first-order valence-electron chi connectivity index (χ1n) is 19.2. The summed E-state index contributed by atoms with van der Waals surface area (Å²) in [5.41, 5.74) is 10.7. The summed E-state index contributed by atoms with van der Waals surface area (Å²) in [6.45, 7) is 0. The van der Waals surface area contributed by atoms with Gasteiger partial charge in [-0.25, -0.2) is 0 Å². The van der Waals surface area contributed by atoms with Gasteiger partial charge in [-0.2, -0.15) is 0 Å². The Morgan fingerprint density at radius 1 is 0.268 bits per heavy atom. The fourth-order valence-electron chi connectivity index (χ4n) is 8.60. The predicted molar refractivity (Wildman–Crippen MR) is 243 cm³/mol. The molecule has 0 spiro atoms. The molecular weight excluding hydrogens is 695 g/mol. The van der Waals surface area contributed by atoms with Crippen molar-refractivity contribution in [2.75, 3.05) is 4.90 Å². The Kier molecular flexibility index (Phi) is 7.75. The van der Waals surface area contributed by atoms with E-state index < -0.39 is 0 Å². The second-order valence-corrected chi connectivity index (χ2v) is 15.6. The van der Waals surface area contributed by atoms with Crippen molar-refractivity contribution in [1.82, 2.24) is 0 Å². The van der Waals surface area contributed by atoms with Crippen molar-refractivity contribution in [2.45, 2.75) is 0 Å². The lowest BCUT2D eigenvalue weighted by Gasteiger charge is -2.27. The van der Waals surface area contributed by atoms with Crippen LogP contribution in [0.25, 0.3) is 85.9 Å². The highest BCUT2D eigenvalue weighted by Crippen LogP contribution is 2.47. The van der Waals surface area contributed by atoms with Crippen LogP contribution in [-0.2, 0) is 0 Å². The normalized spacial score (nSPS) is 11.6. The van der Waals surface area contributed by atoms with Gasteiger partial charge in [0.15, 0.2) is 0 Å². The lowest BCUT2D eigenvalue weighted by molar-refractivity contribution is 1.30. The van der Waals surface area contributed by atoms with Crippen LogP contribution in [0, 0.1) is 0 Å². The Hall–Kier alpha value is -7.00. The van der Waals surface area contributed by atoms with Crippen molar-refractivity contribution in [3.05, 3.63) is 212 Å². The molecule has 0 aliphatic heterocycles. The third kappa shape index (κ3) is 5.46. The maximum absolute atomic E-state index is 2.43. The summed E-state index contributed by atoms with van der Waals surface area (Å²) >= 11 is 1.86. The highest BCUT2D eigenvalue weighted by molar-refractivity contribution is 7.25. The quantitative estimate of drug-likeness (QED) is 0.154. The minimum Gasteiger partial charge on any atom is -0.310 e. The van der Waals surface area contributed by atoms with E-state index in [1.807, 2.05) is 11.3 Å². The molecule has 0 saturated heterocycles. The highest BCUT2D eigenvalue weighted by Gasteiger charge is 2.21. The summed E-state index contributed by atoms with van der Waals surface area (Å²) in [6, 6.07) is 77.8. The van der Waals surface area contributed by atoms with E-state index in [1.54, 1.807) is 0 Å². The molecule has 1 nitrogen and oxygen atoms in total. The van der Waals surface area contributed by atoms with Crippen LogP contribution in [0.3, 0.4) is 0 Å². The first kappa shape index (κ1) is 32.4. The summed E-state index contributed by atoms with van der Waals surface area (Å²) < 4.78 is 2.59. The predicted octanol–water partition coefficient (Wildman–Crippen LogP) is 16.0. The number of hydrogen-bond donors (Lipinski definition) is 0. The molecule has 0 aliphatic carbocycles. The van der Waals surface area contributed by atoms with E-state index in [9.17, 15) is 0 Å². The summed E-state index contributed by atoms with van der Waals surface area (Å²) in [5.74, 6) is 0. The van der Waals surface area contributed by atoms with E-state index in [1.165, 1.54) is 85.9 Å². The van der Waals surface area contributed by atoms with Gasteiger partial charge >= 0.3 is 0 Å². The second-order valence-electron chi connectivity index (χ2n) is 14.5. The van der Waals surface area contributed by atoms with Crippen LogP contribution in [0.15, 0.2) is 212 Å². The van der Waals surface area contributed by atoms with E-state index in [4.69, 9.17) is 0 Å². The maximum Gasteiger partial charge on any atom is 0.0476 e. The minimum atomic E-state index is 1.11. The van der Waals surface area contributed by atoms with Gasteiger partial charge in [-0.3, -0.25) is 0 Å². The zero-order valence-corrected chi connectivity index (χ0v) is 31.4. The monoisotopic (exact) mass is 729 g/mol. The summed E-state index contributed by atoms with van der Waals surface area (Å²) in [7, 11) is 0. The number of rotatable bonds is 6. The smallest absolute Gasteiger partial charge is 0.0476 e. The molecule has 0 atom stereocenters. The second kappa shape index (κ2) is 13.4. The van der Waals surface area contributed by atoms with Crippen LogP contribution < -0.4 is 4.90 Å². The molecule has 2 heteroatoms. The summed E-state index contributed by atoms with van der Waals surface area (Å²) in [5, 5.41) is 10.1. The maximum atomic E-state index is 2.43. The largest absolute Gasteiger partial charge is 0.310 e. The Morgan fingerprint density at radius 2 is 0.786 bits per heavy atom. The number of thiophene rings is 1. The molecule has 0 amide bonds. The van der Waals surface area contributed by atoms with Gasteiger partial charge in [-0.1, -0.05) is 164 Å². The van der Waals surface area contributed by atoms with Gasteiger partial charge in [-0.05, 0) is 114 Å². The summed E-state index contributed by atoms with van der Waals surface area (Å²) in [4.78, 5) is 2.43. The molecule has 0 unspecified atom stereocenters. The lowest BCUT2D eigenvalue weighted by atomic mass is 9.85. The number of anilines is 3. The molecule has 1 aromatic heterocycles. The van der Waals surface area contributed by atoms with Gasteiger partial charge < -0.3 is 4.90 Å². The van der Waals surface area contributed by atoms with Crippen LogP contribution >= 0.6 is 11.3 Å². The molecule has 1 heterocycles. The fourth-order valence-corrected chi connectivity index (χ4v) is 9.74. The molecule has 262 valence electrons. The van der Waals surface area contributed by atoms with Crippen LogP contribution in [0.5, 0.6) is 0 Å². The van der Waals surface area contributed by atoms with E-state index in [2.05, 4.69) is 217 Å². The van der Waals surface area contributed by atoms with Crippen molar-refractivity contribution < 1.29 is 0 Å². The van der Waals surface area contributed by atoms with Crippen molar-refractivity contribution >= 4 is 80.9 Å². The van der Waals surface area contributed by atoms with E-state index in [0.717, 1.165) is 17.1 Å². The van der Waals surface area contributed by atoms with Crippen LogP contribution in [-0.4, -0.2) is 0 Å². The molecule has 0 aliphatic rings. The van der Waals surface area contributed by atoms with E-state index >= 15 is 0 Å². The third-order valence-electron chi connectivity index (χ3n) is 11.2. The number of nitrogens with zero attached hydrogens (tertiary/aromatic N) is 1. The molecule has 11 rings (SSSR count). The molecule has 0 bridgehead atoms. The van der Waals surface area contributed by atoms with Crippen molar-refractivity contribution in [3.8, 4) is 33.4 Å². The SMILES string of the molecule is c1ccc(-c2c(-c3ccccc3)c3cc(N(c4ccc(-c5ccc6ccccc6c5)cc4)c4ccc5c(c4)sc4ccccc45)ccc3c3ccccc23)cc1. The Morgan fingerprint density at radius 3 is 1.54 bits per heavy atom. The standard InChI is InChI=1S/C54H35NS/c1-3-14-38(15-4-1)53-49-21-10-9-19-45(49)46-31-29-43(34-50(46)54(53)39-16-5-2-6-17-39)55(44-30-32-48-47-20-11-12-22-51(47)56-52(48)35-44)42-27-25-37(26-28-42)41-24-23-36-13-7-8-18-40(36)33-41/h1-35H. The Labute approximate surface area is 330 Å². The average molecular weight is 730 g/mol. The Bertz CT molecular complexity index is 3230. The topological polar surface area (TPSA) is 3.24 Å². The van der Waals surface area contributed by atoms with Crippen LogP contribution in [0.2, 0.25) is 0 Å². The van der Waals surface area contributed by atoms with Crippen LogP contribution in [0.1, 0.15) is 0 Å². The average Bonchev–Trinajstić information content (AvgIpc) is 3.64. The number of fused-ring (bicyclic) bond motifs is 7. The molecule has 0 radical (unpaired) electrons. The molecule has 0 N–H and O–H groups in total. The zero-order valence-electron chi connectivity index (χ0n) is 30.6. The van der Waals surface area contributed by atoms with Gasteiger partial charge in [0, 0.05) is 37.2 Å². The number of benzene rings is 10. The lowest BCUT2D eigenvalue weighted by Crippen LogP contribution is -2.10. The molecule has 11 aromatic rings. The molecule has 0 fully saturated rings. The molecule has 0 saturated carbocycles. The third-order valence-corrected chi connectivity index (χ3v) is 12.4. The molecule has 56 heavy (non-hydrogen) atoms. The van der Waals surface area contributed by atoms with Gasteiger partial charge in [0.05, 0.1) is 0 Å². The van der Waals surface area contributed by atoms with Crippen molar-refractivity contribution in [2.24, 2.45) is 0 Å². The fraction of sp³-hybridized carbons (Fsp3) is 0. The summed E-state index contributed by atoms with van der Waals surface area (Å²) in [6.07, 6.45) is 0. The van der Waals surface area contributed by atoms with Gasteiger partial charge in [-0.15, -0.1) is 11.3 Å². The van der Waals surface area contributed by atoms with Crippen molar-refractivity contribution in [1.29, 1.82) is 0 Å². The van der Waals surface area contributed by atoms with E-state index in [0.29, 0.717) is 0 Å². The molecular formula is C54H35NS. The van der Waals surface area contributed by atoms with Crippen molar-refractivity contribution in [3.63, 3.8) is 0 Å². The van der Waals surface area contributed by atoms with Gasteiger partial charge in [0.2, 0.25) is 0 Å². The zero-order chi connectivity index (χ0) is 37.0.